The molecule has 3 N–H and O–H groups in total. The van der Waals surface area contributed by atoms with Gasteiger partial charge in [-0.15, -0.1) is 0 Å². The lowest BCUT2D eigenvalue weighted by Gasteiger charge is -2.28. The molecule has 0 spiro atoms. The molecule has 4 amide bonds. The maximum atomic E-state index is 12.1. The van der Waals surface area contributed by atoms with E-state index in [0.29, 0.717) is 32.0 Å². The number of hydrogen-bond acceptors (Lipinski definition) is 5. The second kappa shape index (κ2) is 11.6. The first-order chi connectivity index (χ1) is 13.9. The van der Waals surface area contributed by atoms with E-state index in [2.05, 4.69) is 34.8 Å². The summed E-state index contributed by atoms with van der Waals surface area (Å²) >= 11 is 0. The zero-order chi connectivity index (χ0) is 22.9. The second-order valence-corrected chi connectivity index (χ2v) is 8.65. The Bertz CT molecular complexity index is 613. The number of urea groups is 1. The third-order valence-electron chi connectivity index (χ3n) is 4.50. The molecule has 0 radical (unpaired) electrons. The Hall–Kier alpha value is -2.52. The molecule has 10 nitrogen and oxygen atoms in total. The van der Waals surface area contributed by atoms with Gasteiger partial charge >= 0.3 is 12.1 Å². The Kier molecular flexibility index (Phi) is 9.88. The third-order valence-corrected chi connectivity index (χ3v) is 4.50. The lowest BCUT2D eigenvalue weighted by Crippen LogP contribution is -2.45. The Labute approximate surface area is 179 Å². The highest BCUT2D eigenvalue weighted by Gasteiger charge is 2.27. The van der Waals surface area contributed by atoms with Gasteiger partial charge in [0, 0.05) is 26.2 Å². The van der Waals surface area contributed by atoms with Crippen molar-refractivity contribution >= 4 is 24.0 Å². The number of carbonyl (C=O) groups is 3. The van der Waals surface area contributed by atoms with Crippen molar-refractivity contribution in [3.63, 3.8) is 0 Å². The van der Waals surface area contributed by atoms with Crippen molar-refractivity contribution in [1.82, 2.24) is 25.8 Å². The Balaban J connectivity index is 2.62. The van der Waals surface area contributed by atoms with E-state index < -0.39 is 11.7 Å². The summed E-state index contributed by atoms with van der Waals surface area (Å²) in [5.41, 5.74) is -0.541. The van der Waals surface area contributed by atoms with Gasteiger partial charge in [0.05, 0.1) is 19.6 Å². The van der Waals surface area contributed by atoms with Crippen molar-refractivity contribution in [2.75, 3.05) is 39.8 Å². The van der Waals surface area contributed by atoms with E-state index >= 15 is 0 Å². The molecule has 1 aliphatic heterocycles. The summed E-state index contributed by atoms with van der Waals surface area (Å²) in [6, 6.07) is -0.419. The Morgan fingerprint density at radius 1 is 1.33 bits per heavy atom. The van der Waals surface area contributed by atoms with Gasteiger partial charge in [-0.05, 0) is 40.0 Å². The normalized spacial score (nSPS) is 15.9. The van der Waals surface area contributed by atoms with Crippen molar-refractivity contribution < 1.29 is 19.1 Å². The molecule has 1 atom stereocenters. The third kappa shape index (κ3) is 8.87. The molecule has 0 aromatic rings. The van der Waals surface area contributed by atoms with Crippen LogP contribution in [0.4, 0.5) is 9.59 Å². The van der Waals surface area contributed by atoms with Gasteiger partial charge < -0.3 is 25.6 Å². The van der Waals surface area contributed by atoms with Crippen LogP contribution in [0.1, 0.15) is 48.0 Å². The van der Waals surface area contributed by atoms with Crippen LogP contribution in [-0.2, 0) is 9.53 Å². The number of ether oxygens (including phenoxy) is 1. The van der Waals surface area contributed by atoms with E-state index in [4.69, 9.17) is 4.74 Å². The van der Waals surface area contributed by atoms with Crippen LogP contribution in [0.25, 0.3) is 0 Å². The molecule has 1 unspecified atom stereocenters. The number of carbonyl (C=O) groups excluding carboxylic acids is 3. The van der Waals surface area contributed by atoms with Crippen molar-refractivity contribution in [2.24, 2.45) is 10.9 Å². The molecule has 1 aliphatic rings. The summed E-state index contributed by atoms with van der Waals surface area (Å²) in [5.74, 6) is 0.691. The number of rotatable bonds is 9. The number of nitrogens with zero attached hydrogens (tertiary/aromatic N) is 3. The van der Waals surface area contributed by atoms with Crippen molar-refractivity contribution in [3.05, 3.63) is 0 Å². The van der Waals surface area contributed by atoms with Gasteiger partial charge in [-0.2, -0.15) is 0 Å². The summed E-state index contributed by atoms with van der Waals surface area (Å²) < 4.78 is 5.37. The second-order valence-electron chi connectivity index (χ2n) is 8.65. The SMILES string of the molecule is CCNC(=NCCN1C(=O)CNC1=O)N(C)CCC(NC(=O)OC(C)(C)C)C(C)C. The van der Waals surface area contributed by atoms with Crippen LogP contribution in [0, 0.1) is 5.92 Å². The van der Waals surface area contributed by atoms with Crippen LogP contribution in [0.2, 0.25) is 0 Å². The molecular formula is C20H38N6O4. The monoisotopic (exact) mass is 426 g/mol. The summed E-state index contributed by atoms with van der Waals surface area (Å²) in [5, 5.41) is 8.66. The van der Waals surface area contributed by atoms with E-state index in [1.54, 1.807) is 0 Å². The van der Waals surface area contributed by atoms with Crippen LogP contribution in [0.15, 0.2) is 4.99 Å². The largest absolute Gasteiger partial charge is 0.444 e. The number of aliphatic imine (C=N–C) groups is 1. The van der Waals surface area contributed by atoms with Gasteiger partial charge in [0.25, 0.3) is 0 Å². The Morgan fingerprint density at radius 3 is 2.50 bits per heavy atom. The minimum Gasteiger partial charge on any atom is -0.444 e. The summed E-state index contributed by atoms with van der Waals surface area (Å²) in [7, 11) is 1.92. The molecule has 0 aliphatic carbocycles. The topological polar surface area (TPSA) is 115 Å². The highest BCUT2D eigenvalue weighted by molar-refractivity contribution is 6.01. The summed E-state index contributed by atoms with van der Waals surface area (Å²) in [6.07, 6.45) is 0.295. The van der Waals surface area contributed by atoms with Gasteiger partial charge in [0.2, 0.25) is 5.91 Å². The van der Waals surface area contributed by atoms with Crippen molar-refractivity contribution in [3.8, 4) is 0 Å². The van der Waals surface area contributed by atoms with E-state index in [1.165, 1.54) is 4.90 Å². The molecule has 1 fully saturated rings. The fourth-order valence-electron chi connectivity index (χ4n) is 2.88. The maximum absolute atomic E-state index is 12.1. The van der Waals surface area contributed by atoms with Crippen molar-refractivity contribution in [2.45, 2.75) is 59.6 Å². The standard InChI is InChI=1S/C20H38N6O4/c1-8-21-17(22-10-12-26-16(27)13-23-18(26)28)25(7)11-9-15(14(2)3)24-19(29)30-20(4,5)6/h14-15H,8-13H2,1-7H3,(H,21,22)(H,23,28)(H,24,29). The molecule has 10 heteroatoms. The molecule has 0 saturated carbocycles. The minimum absolute atomic E-state index is 0.0453. The van der Waals surface area contributed by atoms with E-state index in [1.807, 2.05) is 39.6 Å². The van der Waals surface area contributed by atoms with Gasteiger partial charge in [-0.1, -0.05) is 13.8 Å². The fourth-order valence-corrected chi connectivity index (χ4v) is 2.88. The number of hydrogen-bond donors (Lipinski definition) is 3. The highest BCUT2D eigenvalue weighted by Crippen LogP contribution is 2.11. The zero-order valence-corrected chi connectivity index (χ0v) is 19.4. The quantitative estimate of drug-likeness (QED) is 0.291. The summed E-state index contributed by atoms with van der Waals surface area (Å²) in [6.45, 7) is 13.5. The number of nitrogens with one attached hydrogen (secondary N) is 3. The van der Waals surface area contributed by atoms with E-state index in [-0.39, 0.29) is 37.0 Å². The first kappa shape index (κ1) is 25.5. The molecule has 0 aromatic carbocycles. The predicted molar refractivity (Wildman–Crippen MR) is 116 cm³/mol. The smallest absolute Gasteiger partial charge is 0.407 e. The van der Waals surface area contributed by atoms with E-state index in [0.717, 1.165) is 0 Å². The first-order valence-corrected chi connectivity index (χ1v) is 10.5. The number of alkyl carbamates (subject to hydrolysis) is 1. The van der Waals surface area contributed by atoms with Crippen molar-refractivity contribution in [1.29, 1.82) is 0 Å². The van der Waals surface area contributed by atoms with Crippen LogP contribution in [0.5, 0.6) is 0 Å². The number of imide groups is 1. The zero-order valence-electron chi connectivity index (χ0n) is 19.4. The van der Waals surface area contributed by atoms with Gasteiger partial charge in [-0.25, -0.2) is 9.59 Å². The molecule has 1 saturated heterocycles. The highest BCUT2D eigenvalue weighted by atomic mass is 16.6. The van der Waals surface area contributed by atoms with E-state index in [9.17, 15) is 14.4 Å². The average molecular weight is 427 g/mol. The number of guanidine groups is 1. The minimum atomic E-state index is -0.541. The predicted octanol–water partition coefficient (Wildman–Crippen LogP) is 1.37. The van der Waals surface area contributed by atoms with Gasteiger partial charge in [0.15, 0.2) is 5.96 Å². The molecule has 0 bridgehead atoms. The lowest BCUT2D eigenvalue weighted by atomic mass is 10.0. The van der Waals surface area contributed by atoms with Gasteiger partial charge in [-0.3, -0.25) is 14.7 Å². The molecule has 0 aromatic heterocycles. The molecule has 172 valence electrons. The van der Waals surface area contributed by atoms with Crippen LogP contribution >= 0.6 is 0 Å². The van der Waals surface area contributed by atoms with Gasteiger partial charge in [0.1, 0.15) is 5.60 Å². The Morgan fingerprint density at radius 2 is 2.00 bits per heavy atom. The fraction of sp³-hybridized carbons (Fsp3) is 0.800. The maximum Gasteiger partial charge on any atom is 0.407 e. The summed E-state index contributed by atoms with van der Waals surface area (Å²) in [4.78, 5) is 43.1. The molecule has 1 heterocycles. The average Bonchev–Trinajstić information content (AvgIpc) is 2.94. The van der Waals surface area contributed by atoms with Crippen LogP contribution in [0.3, 0.4) is 0 Å². The van der Waals surface area contributed by atoms with Crippen LogP contribution in [-0.4, -0.2) is 85.2 Å². The molecular weight excluding hydrogens is 388 g/mol. The molecule has 1 rings (SSSR count). The first-order valence-electron chi connectivity index (χ1n) is 10.5. The lowest BCUT2D eigenvalue weighted by molar-refractivity contribution is -0.124. The molecule has 30 heavy (non-hydrogen) atoms. The van der Waals surface area contributed by atoms with Crippen LogP contribution < -0.4 is 16.0 Å². The number of amides is 4.